The van der Waals surface area contributed by atoms with Crippen molar-refractivity contribution in [3.63, 3.8) is 0 Å². The van der Waals surface area contributed by atoms with Gasteiger partial charge in [0.1, 0.15) is 0 Å². The highest BCUT2D eigenvalue weighted by Crippen LogP contribution is 2.29. The SMILES string of the molecule is CN1CCCN(C[C@@H]2C[C@@H](CO)CN(c3nc(CO)cs3)C2)CC1. The number of piperidine rings is 1. The molecule has 24 heavy (non-hydrogen) atoms. The molecule has 0 aliphatic carbocycles. The Morgan fingerprint density at radius 2 is 2.00 bits per heavy atom. The summed E-state index contributed by atoms with van der Waals surface area (Å²) in [6, 6.07) is 0. The van der Waals surface area contributed by atoms with Crippen molar-refractivity contribution < 1.29 is 10.2 Å². The molecule has 2 aliphatic rings. The van der Waals surface area contributed by atoms with Crippen molar-refractivity contribution in [1.82, 2.24) is 14.8 Å². The van der Waals surface area contributed by atoms with E-state index in [4.69, 9.17) is 0 Å². The van der Waals surface area contributed by atoms with Crippen molar-refractivity contribution >= 4 is 16.5 Å². The van der Waals surface area contributed by atoms with Crippen LogP contribution in [-0.2, 0) is 6.61 Å². The highest BCUT2D eigenvalue weighted by atomic mass is 32.1. The second-order valence-corrected chi connectivity index (χ2v) is 8.13. The minimum Gasteiger partial charge on any atom is -0.396 e. The summed E-state index contributed by atoms with van der Waals surface area (Å²) in [6.45, 7) is 7.88. The van der Waals surface area contributed by atoms with E-state index in [1.165, 1.54) is 19.5 Å². The zero-order chi connectivity index (χ0) is 16.9. The molecule has 0 radical (unpaired) electrons. The smallest absolute Gasteiger partial charge is 0.185 e. The largest absolute Gasteiger partial charge is 0.396 e. The molecule has 2 N–H and O–H groups in total. The van der Waals surface area contributed by atoms with Gasteiger partial charge in [-0.3, -0.25) is 0 Å². The first-order valence-corrected chi connectivity index (χ1v) is 9.88. The van der Waals surface area contributed by atoms with E-state index in [0.29, 0.717) is 11.8 Å². The summed E-state index contributed by atoms with van der Waals surface area (Å²) in [5.74, 6) is 0.890. The average Bonchev–Trinajstić information content (AvgIpc) is 2.99. The number of hydrogen-bond acceptors (Lipinski definition) is 7. The first-order chi connectivity index (χ1) is 11.7. The van der Waals surface area contributed by atoms with E-state index < -0.39 is 0 Å². The Morgan fingerprint density at radius 3 is 2.75 bits per heavy atom. The maximum absolute atomic E-state index is 9.71. The van der Waals surface area contributed by atoms with Gasteiger partial charge in [-0.25, -0.2) is 4.98 Å². The predicted octanol–water partition coefficient (Wildman–Crippen LogP) is 0.708. The topological polar surface area (TPSA) is 63.1 Å². The van der Waals surface area contributed by atoms with Crippen molar-refractivity contribution in [2.24, 2.45) is 11.8 Å². The molecule has 0 spiro atoms. The van der Waals surface area contributed by atoms with Crippen molar-refractivity contribution in [1.29, 1.82) is 0 Å². The Bertz CT molecular complexity index is 513. The average molecular weight is 355 g/mol. The molecule has 2 atom stereocenters. The fourth-order valence-corrected chi connectivity index (χ4v) is 4.74. The van der Waals surface area contributed by atoms with Gasteiger partial charge < -0.3 is 24.9 Å². The standard InChI is InChI=1S/C17H30N4O2S/c1-19-3-2-4-20(6-5-19)8-14-7-15(11-22)10-21(9-14)17-18-16(12-23)13-24-17/h13-15,22-23H,2-12H2,1H3/t14-,15+/m0/s1. The summed E-state index contributed by atoms with van der Waals surface area (Å²) in [4.78, 5) is 11.8. The molecular formula is C17H30N4O2S. The molecule has 1 aromatic heterocycles. The minimum absolute atomic E-state index is 0.00150. The first-order valence-electron chi connectivity index (χ1n) is 9.00. The van der Waals surface area contributed by atoms with Crippen LogP contribution in [0.15, 0.2) is 5.38 Å². The molecule has 0 amide bonds. The highest BCUT2D eigenvalue weighted by Gasteiger charge is 2.30. The van der Waals surface area contributed by atoms with E-state index in [-0.39, 0.29) is 13.2 Å². The van der Waals surface area contributed by atoms with Crippen molar-refractivity contribution in [2.75, 3.05) is 64.4 Å². The molecule has 136 valence electrons. The fourth-order valence-electron chi connectivity index (χ4n) is 3.90. The van der Waals surface area contributed by atoms with Crippen molar-refractivity contribution in [3.8, 4) is 0 Å². The monoisotopic (exact) mass is 354 g/mol. The van der Waals surface area contributed by atoms with Gasteiger partial charge in [-0.15, -0.1) is 11.3 Å². The summed E-state index contributed by atoms with van der Waals surface area (Å²) in [7, 11) is 2.20. The summed E-state index contributed by atoms with van der Waals surface area (Å²) >= 11 is 1.60. The van der Waals surface area contributed by atoms with E-state index in [1.807, 2.05) is 5.38 Å². The van der Waals surface area contributed by atoms with Crippen LogP contribution in [0.1, 0.15) is 18.5 Å². The molecule has 0 unspecified atom stereocenters. The Balaban J connectivity index is 1.62. The van der Waals surface area contributed by atoms with Crippen molar-refractivity contribution in [2.45, 2.75) is 19.4 Å². The molecule has 0 saturated carbocycles. The molecule has 2 saturated heterocycles. The number of aliphatic hydroxyl groups is 2. The van der Waals surface area contributed by atoms with Gasteiger partial charge in [0.05, 0.1) is 12.3 Å². The van der Waals surface area contributed by atoms with Crippen LogP contribution in [0.3, 0.4) is 0 Å². The van der Waals surface area contributed by atoms with Gasteiger partial charge in [0.25, 0.3) is 0 Å². The van der Waals surface area contributed by atoms with Gasteiger partial charge in [-0.2, -0.15) is 0 Å². The van der Waals surface area contributed by atoms with Crippen LogP contribution in [0.2, 0.25) is 0 Å². The number of aliphatic hydroxyl groups excluding tert-OH is 2. The lowest BCUT2D eigenvalue weighted by Crippen LogP contribution is -2.46. The first kappa shape index (κ1) is 18.1. The minimum atomic E-state index is -0.00150. The van der Waals surface area contributed by atoms with Crippen LogP contribution in [0.25, 0.3) is 0 Å². The van der Waals surface area contributed by atoms with Gasteiger partial charge >= 0.3 is 0 Å². The second-order valence-electron chi connectivity index (χ2n) is 7.29. The molecule has 3 rings (SSSR count). The maximum atomic E-state index is 9.71. The zero-order valence-electron chi connectivity index (χ0n) is 14.6. The van der Waals surface area contributed by atoms with Crippen LogP contribution in [-0.4, -0.2) is 84.5 Å². The number of rotatable bonds is 5. The lowest BCUT2D eigenvalue weighted by molar-refractivity contribution is 0.155. The number of nitrogens with zero attached hydrogens (tertiary/aromatic N) is 4. The molecule has 3 heterocycles. The number of likely N-dealkylation sites (N-methyl/N-ethyl adjacent to an activating group) is 1. The normalized spacial score (nSPS) is 27.4. The fraction of sp³-hybridized carbons (Fsp3) is 0.824. The lowest BCUT2D eigenvalue weighted by atomic mass is 9.89. The Hall–Kier alpha value is -0.730. The van der Waals surface area contributed by atoms with Crippen LogP contribution in [0.4, 0.5) is 5.13 Å². The van der Waals surface area contributed by atoms with Crippen LogP contribution in [0, 0.1) is 11.8 Å². The van der Waals surface area contributed by atoms with E-state index in [9.17, 15) is 10.2 Å². The van der Waals surface area contributed by atoms with E-state index in [1.54, 1.807) is 11.3 Å². The third-order valence-electron chi connectivity index (χ3n) is 5.18. The number of aromatic nitrogens is 1. The number of hydrogen-bond donors (Lipinski definition) is 2. The van der Waals surface area contributed by atoms with Gasteiger partial charge in [-0.1, -0.05) is 0 Å². The molecule has 6 nitrogen and oxygen atoms in total. The highest BCUT2D eigenvalue weighted by molar-refractivity contribution is 7.13. The molecule has 0 bridgehead atoms. The van der Waals surface area contributed by atoms with Crippen LogP contribution >= 0.6 is 11.3 Å². The maximum Gasteiger partial charge on any atom is 0.185 e. The molecule has 7 heteroatoms. The number of anilines is 1. The molecule has 2 aliphatic heterocycles. The molecule has 1 aromatic rings. The Kier molecular flexibility index (Phi) is 6.46. The van der Waals surface area contributed by atoms with Crippen LogP contribution < -0.4 is 4.90 Å². The van der Waals surface area contributed by atoms with Gasteiger partial charge in [0.2, 0.25) is 0 Å². The molecule has 0 aromatic carbocycles. The zero-order valence-corrected chi connectivity index (χ0v) is 15.4. The van der Waals surface area contributed by atoms with E-state index in [2.05, 4.69) is 26.7 Å². The van der Waals surface area contributed by atoms with Crippen LogP contribution in [0.5, 0.6) is 0 Å². The lowest BCUT2D eigenvalue weighted by Gasteiger charge is -2.39. The summed E-state index contributed by atoms with van der Waals surface area (Å²) < 4.78 is 0. The van der Waals surface area contributed by atoms with Gasteiger partial charge in [0, 0.05) is 44.7 Å². The predicted molar refractivity (Wildman–Crippen MR) is 97.5 cm³/mol. The van der Waals surface area contributed by atoms with E-state index in [0.717, 1.165) is 50.0 Å². The summed E-state index contributed by atoms with van der Waals surface area (Å²) in [5.41, 5.74) is 0.744. The second kappa shape index (κ2) is 8.58. The third kappa shape index (κ3) is 4.67. The Morgan fingerprint density at radius 1 is 1.17 bits per heavy atom. The van der Waals surface area contributed by atoms with E-state index >= 15 is 0 Å². The summed E-state index contributed by atoms with van der Waals surface area (Å²) in [5, 5.41) is 21.9. The summed E-state index contributed by atoms with van der Waals surface area (Å²) in [6.07, 6.45) is 2.33. The Labute approximate surface area is 148 Å². The van der Waals surface area contributed by atoms with Gasteiger partial charge in [-0.05, 0) is 44.8 Å². The van der Waals surface area contributed by atoms with Crippen molar-refractivity contribution in [3.05, 3.63) is 11.1 Å². The molecular weight excluding hydrogens is 324 g/mol. The van der Waals surface area contributed by atoms with Gasteiger partial charge in [0.15, 0.2) is 5.13 Å². The third-order valence-corrected chi connectivity index (χ3v) is 6.13. The molecule has 2 fully saturated rings. The quantitative estimate of drug-likeness (QED) is 0.812. The number of thiazole rings is 1.